The molecule has 0 aromatic heterocycles. The first kappa shape index (κ1) is 21.3. The Hall–Kier alpha value is -1.97. The Morgan fingerprint density at radius 3 is 2.52 bits per heavy atom. The van der Waals surface area contributed by atoms with Crippen LogP contribution in [-0.4, -0.2) is 74.5 Å². The smallest absolute Gasteiger partial charge is 0.303 e. The van der Waals surface area contributed by atoms with Gasteiger partial charge >= 0.3 is 5.97 Å². The predicted octanol–water partition coefficient (Wildman–Crippen LogP) is 1.21. The number of ether oxygens (including phenoxy) is 1. The first-order valence-corrected chi connectivity index (χ1v) is 10.4. The summed E-state index contributed by atoms with van der Waals surface area (Å²) in [7, 11) is -2.13. The van der Waals surface area contributed by atoms with E-state index >= 15 is 0 Å². The Morgan fingerprint density at radius 1 is 1.26 bits per heavy atom. The fraction of sp³-hybridized carbons (Fsp3) is 0.556. The molecule has 1 aromatic carbocycles. The number of carboxylic acids is 1. The van der Waals surface area contributed by atoms with Crippen LogP contribution in [0.1, 0.15) is 35.7 Å². The number of hydrogen-bond donors (Lipinski definition) is 1. The number of morpholine rings is 1. The molecular formula is C18H26N2O6S. The number of carbonyl (C=O) groups is 2. The van der Waals surface area contributed by atoms with Crippen LogP contribution >= 0.6 is 0 Å². The number of rotatable bonds is 8. The van der Waals surface area contributed by atoms with Crippen LogP contribution < -0.4 is 0 Å². The number of aryl methyl sites for hydroxylation is 1. The van der Waals surface area contributed by atoms with Gasteiger partial charge in [0.15, 0.2) is 0 Å². The number of carboxylic acid groups (broad SMARTS) is 1. The van der Waals surface area contributed by atoms with Gasteiger partial charge in [0, 0.05) is 38.7 Å². The van der Waals surface area contributed by atoms with Crippen molar-refractivity contribution in [3.8, 4) is 0 Å². The standard InChI is InChI=1S/C18H26N2O6S/c1-3-14-6-7-15(18(23)19(2)8-4-5-17(21)22)13-16(14)27(24,25)20-9-11-26-12-10-20/h6-7,13H,3-5,8-12H2,1-2H3,(H,21,22). The van der Waals surface area contributed by atoms with Crippen LogP contribution in [0.3, 0.4) is 0 Å². The topological polar surface area (TPSA) is 104 Å². The Kier molecular flexibility index (Phi) is 7.34. The molecule has 2 rings (SSSR count). The molecule has 1 saturated heterocycles. The van der Waals surface area contributed by atoms with E-state index in [-0.39, 0.29) is 29.3 Å². The highest BCUT2D eigenvalue weighted by atomic mass is 32.2. The van der Waals surface area contributed by atoms with Crippen molar-refractivity contribution in [3.63, 3.8) is 0 Å². The number of nitrogens with zero attached hydrogens (tertiary/aromatic N) is 2. The molecule has 0 bridgehead atoms. The molecule has 0 saturated carbocycles. The van der Waals surface area contributed by atoms with Crippen molar-refractivity contribution >= 4 is 21.9 Å². The molecule has 0 spiro atoms. The molecule has 1 aromatic rings. The highest BCUT2D eigenvalue weighted by Crippen LogP contribution is 2.24. The van der Waals surface area contributed by atoms with Gasteiger partial charge in [-0.1, -0.05) is 13.0 Å². The lowest BCUT2D eigenvalue weighted by Gasteiger charge is -2.27. The second-order valence-electron chi connectivity index (χ2n) is 6.42. The van der Waals surface area contributed by atoms with Gasteiger partial charge in [-0.05, 0) is 30.5 Å². The zero-order valence-electron chi connectivity index (χ0n) is 15.7. The minimum atomic E-state index is -3.71. The maximum absolute atomic E-state index is 13.0. The third kappa shape index (κ3) is 5.27. The minimum Gasteiger partial charge on any atom is -0.481 e. The van der Waals surface area contributed by atoms with Crippen molar-refractivity contribution in [3.05, 3.63) is 29.3 Å². The fourth-order valence-corrected chi connectivity index (χ4v) is 4.66. The van der Waals surface area contributed by atoms with E-state index in [4.69, 9.17) is 9.84 Å². The van der Waals surface area contributed by atoms with E-state index in [9.17, 15) is 18.0 Å². The van der Waals surface area contributed by atoms with Gasteiger partial charge < -0.3 is 14.7 Å². The van der Waals surface area contributed by atoms with E-state index in [2.05, 4.69) is 0 Å². The molecule has 1 amide bonds. The van der Waals surface area contributed by atoms with Gasteiger partial charge in [-0.3, -0.25) is 9.59 Å². The third-order valence-electron chi connectivity index (χ3n) is 4.51. The van der Waals surface area contributed by atoms with Crippen molar-refractivity contribution in [2.45, 2.75) is 31.1 Å². The van der Waals surface area contributed by atoms with Crippen molar-refractivity contribution in [1.29, 1.82) is 0 Å². The molecule has 0 atom stereocenters. The zero-order valence-corrected chi connectivity index (χ0v) is 16.5. The van der Waals surface area contributed by atoms with Crippen molar-refractivity contribution in [2.75, 3.05) is 39.9 Å². The number of aliphatic carboxylic acids is 1. The summed E-state index contributed by atoms with van der Waals surface area (Å²) < 4.78 is 32.7. The summed E-state index contributed by atoms with van der Waals surface area (Å²) in [5, 5.41) is 8.71. The average molecular weight is 398 g/mol. The zero-order chi connectivity index (χ0) is 20.0. The molecule has 9 heteroatoms. The van der Waals surface area contributed by atoms with Crippen LogP contribution in [0.5, 0.6) is 0 Å². The summed E-state index contributed by atoms with van der Waals surface area (Å²) in [6.45, 7) is 3.44. The number of carbonyl (C=O) groups excluding carboxylic acids is 1. The van der Waals surface area contributed by atoms with Gasteiger partial charge in [0.2, 0.25) is 10.0 Å². The van der Waals surface area contributed by atoms with Gasteiger partial charge in [0.25, 0.3) is 5.91 Å². The van der Waals surface area contributed by atoms with Crippen LogP contribution in [0.4, 0.5) is 0 Å². The fourth-order valence-electron chi connectivity index (χ4n) is 2.94. The molecule has 0 radical (unpaired) electrons. The van der Waals surface area contributed by atoms with Crippen LogP contribution in [0.2, 0.25) is 0 Å². The molecular weight excluding hydrogens is 372 g/mol. The predicted molar refractivity (Wildman–Crippen MR) is 99.2 cm³/mol. The van der Waals surface area contributed by atoms with Crippen LogP contribution in [0.25, 0.3) is 0 Å². The van der Waals surface area contributed by atoms with Crippen LogP contribution in [0.15, 0.2) is 23.1 Å². The van der Waals surface area contributed by atoms with Gasteiger partial charge in [-0.25, -0.2) is 8.42 Å². The lowest BCUT2D eigenvalue weighted by molar-refractivity contribution is -0.137. The van der Waals surface area contributed by atoms with E-state index in [0.29, 0.717) is 44.7 Å². The molecule has 1 aliphatic rings. The quantitative estimate of drug-likeness (QED) is 0.706. The van der Waals surface area contributed by atoms with Crippen LogP contribution in [-0.2, 0) is 26.0 Å². The lowest BCUT2D eigenvalue weighted by atomic mass is 10.1. The van der Waals surface area contributed by atoms with Crippen molar-refractivity contribution < 1.29 is 27.9 Å². The summed E-state index contributed by atoms with van der Waals surface area (Å²) in [5.74, 6) is -1.25. The Bertz CT molecular complexity index is 787. The van der Waals surface area contributed by atoms with Crippen molar-refractivity contribution in [1.82, 2.24) is 9.21 Å². The maximum atomic E-state index is 13.0. The van der Waals surface area contributed by atoms with Gasteiger partial charge in [0.05, 0.1) is 18.1 Å². The highest BCUT2D eigenvalue weighted by molar-refractivity contribution is 7.89. The largest absolute Gasteiger partial charge is 0.481 e. The molecule has 150 valence electrons. The number of amides is 1. The molecule has 0 aliphatic carbocycles. The number of sulfonamides is 1. The Morgan fingerprint density at radius 2 is 1.93 bits per heavy atom. The number of benzene rings is 1. The average Bonchev–Trinajstić information content (AvgIpc) is 2.67. The van der Waals surface area contributed by atoms with E-state index in [1.165, 1.54) is 15.3 Å². The van der Waals surface area contributed by atoms with E-state index in [1.807, 2.05) is 6.92 Å². The molecule has 27 heavy (non-hydrogen) atoms. The highest BCUT2D eigenvalue weighted by Gasteiger charge is 2.29. The summed E-state index contributed by atoms with van der Waals surface area (Å²) in [5.41, 5.74) is 0.934. The first-order chi connectivity index (χ1) is 12.8. The van der Waals surface area contributed by atoms with Crippen LogP contribution in [0, 0.1) is 0 Å². The summed E-state index contributed by atoms with van der Waals surface area (Å²) in [6.07, 6.45) is 0.842. The SMILES string of the molecule is CCc1ccc(C(=O)N(C)CCCC(=O)O)cc1S(=O)(=O)N1CCOCC1. The molecule has 0 unspecified atom stereocenters. The van der Waals surface area contributed by atoms with E-state index in [1.54, 1.807) is 19.2 Å². The second-order valence-corrected chi connectivity index (χ2v) is 8.32. The summed E-state index contributed by atoms with van der Waals surface area (Å²) in [6, 6.07) is 4.72. The third-order valence-corrected chi connectivity index (χ3v) is 6.49. The minimum absolute atomic E-state index is 0.0247. The molecule has 1 heterocycles. The van der Waals surface area contributed by atoms with E-state index < -0.39 is 16.0 Å². The normalized spacial score (nSPS) is 15.5. The van der Waals surface area contributed by atoms with Gasteiger partial charge in [0.1, 0.15) is 0 Å². The molecule has 1 fully saturated rings. The lowest BCUT2D eigenvalue weighted by Crippen LogP contribution is -2.41. The molecule has 1 aliphatic heterocycles. The van der Waals surface area contributed by atoms with Crippen molar-refractivity contribution in [2.24, 2.45) is 0 Å². The van der Waals surface area contributed by atoms with Gasteiger partial charge in [-0.2, -0.15) is 4.31 Å². The summed E-state index contributed by atoms with van der Waals surface area (Å²) >= 11 is 0. The maximum Gasteiger partial charge on any atom is 0.303 e. The second kappa shape index (κ2) is 9.29. The van der Waals surface area contributed by atoms with E-state index in [0.717, 1.165) is 0 Å². The van der Waals surface area contributed by atoms with Gasteiger partial charge in [-0.15, -0.1) is 0 Å². The molecule has 8 nitrogen and oxygen atoms in total. The Balaban J connectivity index is 2.26. The molecule has 1 N–H and O–H groups in total. The summed E-state index contributed by atoms with van der Waals surface area (Å²) in [4.78, 5) is 24.8. The number of hydrogen-bond acceptors (Lipinski definition) is 5. The monoisotopic (exact) mass is 398 g/mol. The first-order valence-electron chi connectivity index (χ1n) is 8.95. The Labute approximate surface area is 159 Å².